The lowest BCUT2D eigenvalue weighted by atomic mass is 10.0. The monoisotopic (exact) mass is 264 g/mol. The zero-order valence-electron chi connectivity index (χ0n) is 10.7. The summed E-state index contributed by atoms with van der Waals surface area (Å²) in [7, 11) is 0. The van der Waals surface area contributed by atoms with Crippen LogP contribution in [0.3, 0.4) is 0 Å². The van der Waals surface area contributed by atoms with E-state index < -0.39 is 0 Å². The van der Waals surface area contributed by atoms with Crippen LogP contribution < -0.4 is 0 Å². The normalized spacial score (nSPS) is 26.9. The summed E-state index contributed by atoms with van der Waals surface area (Å²) < 4.78 is 5.48. The molecule has 0 amide bonds. The zero-order chi connectivity index (χ0) is 12.8. The molecule has 2 rings (SSSR count). The summed E-state index contributed by atoms with van der Waals surface area (Å²) >= 11 is 1.86. The van der Waals surface area contributed by atoms with Crippen LogP contribution in [0.25, 0.3) is 0 Å². The molecule has 0 aliphatic heterocycles. The van der Waals surface area contributed by atoms with Crippen LogP contribution >= 0.6 is 11.8 Å². The summed E-state index contributed by atoms with van der Waals surface area (Å²) in [5.41, 5.74) is 0. The van der Waals surface area contributed by atoms with E-state index in [1.807, 2.05) is 24.8 Å². The highest BCUT2D eigenvalue weighted by atomic mass is 32.2. The molecule has 0 spiro atoms. The quantitative estimate of drug-likeness (QED) is 0.814. The van der Waals surface area contributed by atoms with Gasteiger partial charge in [-0.05, 0) is 31.9 Å². The van der Waals surface area contributed by atoms with Gasteiger partial charge in [-0.25, -0.2) is 0 Å². The van der Waals surface area contributed by atoms with Crippen molar-refractivity contribution in [2.75, 3.05) is 13.2 Å². The van der Waals surface area contributed by atoms with Gasteiger partial charge in [0.15, 0.2) is 0 Å². The van der Waals surface area contributed by atoms with Crippen molar-refractivity contribution < 1.29 is 9.84 Å². The molecule has 2 aliphatic rings. The molecule has 0 saturated heterocycles. The Balaban J connectivity index is 1.87. The molecular weight excluding hydrogens is 244 g/mol. The van der Waals surface area contributed by atoms with Crippen LogP contribution in [-0.2, 0) is 4.74 Å². The molecule has 1 N–H and O–H groups in total. The largest absolute Gasteiger partial charge is 0.508 e. The van der Waals surface area contributed by atoms with Crippen molar-refractivity contribution in [3.8, 4) is 0 Å². The van der Waals surface area contributed by atoms with Crippen LogP contribution in [0.1, 0.15) is 19.8 Å². The summed E-state index contributed by atoms with van der Waals surface area (Å²) in [4.78, 5) is 1.32. The number of allylic oxidation sites excluding steroid dienone is 4. The molecule has 3 heteroatoms. The highest BCUT2D eigenvalue weighted by Gasteiger charge is 2.14. The third-order valence-electron chi connectivity index (χ3n) is 2.99. The first kappa shape index (κ1) is 13.5. The molecule has 0 aromatic carbocycles. The van der Waals surface area contributed by atoms with Crippen molar-refractivity contribution in [2.24, 2.45) is 5.92 Å². The number of rotatable bonds is 5. The Morgan fingerprint density at radius 2 is 2.28 bits per heavy atom. The van der Waals surface area contributed by atoms with Crippen molar-refractivity contribution >= 4 is 11.8 Å². The number of hydrogen-bond acceptors (Lipinski definition) is 3. The molecule has 2 nitrogen and oxygen atoms in total. The maximum atomic E-state index is 9.29. The molecule has 2 atom stereocenters. The number of ether oxygens (including phenoxy) is 1. The molecule has 0 fully saturated rings. The van der Waals surface area contributed by atoms with Gasteiger partial charge >= 0.3 is 0 Å². The topological polar surface area (TPSA) is 29.5 Å². The van der Waals surface area contributed by atoms with Crippen molar-refractivity contribution in [3.05, 3.63) is 47.1 Å². The molecule has 0 aromatic heterocycles. The smallest absolute Gasteiger partial charge is 0.111 e. The Hall–Kier alpha value is -0.930. The van der Waals surface area contributed by atoms with Gasteiger partial charge in [0.05, 0.1) is 6.61 Å². The van der Waals surface area contributed by atoms with Gasteiger partial charge in [0.2, 0.25) is 0 Å². The van der Waals surface area contributed by atoms with Gasteiger partial charge in [0.25, 0.3) is 0 Å². The van der Waals surface area contributed by atoms with E-state index in [1.54, 1.807) is 6.08 Å². The van der Waals surface area contributed by atoms with E-state index in [1.165, 1.54) is 4.91 Å². The molecule has 18 heavy (non-hydrogen) atoms. The highest BCUT2D eigenvalue weighted by Crippen LogP contribution is 2.32. The van der Waals surface area contributed by atoms with Crippen molar-refractivity contribution in [1.29, 1.82) is 0 Å². The second-order valence-corrected chi connectivity index (χ2v) is 5.82. The van der Waals surface area contributed by atoms with Crippen LogP contribution in [0.15, 0.2) is 47.1 Å². The molecule has 0 radical (unpaired) electrons. The van der Waals surface area contributed by atoms with Crippen molar-refractivity contribution in [3.63, 3.8) is 0 Å². The van der Waals surface area contributed by atoms with Crippen LogP contribution in [0.5, 0.6) is 0 Å². The maximum absolute atomic E-state index is 9.29. The first-order valence-electron chi connectivity index (χ1n) is 6.48. The second kappa shape index (κ2) is 6.86. The lowest BCUT2D eigenvalue weighted by Gasteiger charge is -2.19. The minimum atomic E-state index is 0.384. The first-order valence-corrected chi connectivity index (χ1v) is 7.36. The number of aliphatic hydroxyl groups is 1. The van der Waals surface area contributed by atoms with Crippen LogP contribution in [0.2, 0.25) is 0 Å². The Labute approximate surface area is 113 Å². The van der Waals surface area contributed by atoms with Crippen molar-refractivity contribution in [2.45, 2.75) is 25.0 Å². The third-order valence-corrected chi connectivity index (χ3v) is 4.18. The minimum Gasteiger partial charge on any atom is -0.508 e. The summed E-state index contributed by atoms with van der Waals surface area (Å²) in [5, 5.41) is 9.72. The third kappa shape index (κ3) is 4.07. The van der Waals surface area contributed by atoms with Gasteiger partial charge in [-0.1, -0.05) is 24.3 Å². The fraction of sp³-hybridized carbons (Fsp3) is 0.467. The standard InChI is InChI=1S/C15H20O2S/c1-2-17-11-12-4-3-5-15(10-12)18-14-8-6-13(16)7-9-14/h3,5-8,10,12,14,16H,2,4,9,11H2,1H3. The average molecular weight is 264 g/mol. The second-order valence-electron chi connectivity index (χ2n) is 4.51. The SMILES string of the molecule is CCOCC1C=C(SC2C=CC(O)=CC2)C=CC1. The van der Waals surface area contributed by atoms with Crippen LogP contribution in [0, 0.1) is 5.92 Å². The van der Waals surface area contributed by atoms with Gasteiger partial charge in [-0.15, -0.1) is 11.8 Å². The van der Waals surface area contributed by atoms with Crippen LogP contribution in [-0.4, -0.2) is 23.6 Å². The lowest BCUT2D eigenvalue weighted by Crippen LogP contribution is -2.09. The van der Waals surface area contributed by atoms with E-state index in [4.69, 9.17) is 4.74 Å². The number of hydrogen-bond donors (Lipinski definition) is 1. The van der Waals surface area contributed by atoms with E-state index in [0.717, 1.165) is 26.1 Å². The molecule has 0 aromatic rings. The predicted octanol–water partition coefficient (Wildman–Crippen LogP) is 3.99. The zero-order valence-corrected chi connectivity index (χ0v) is 11.5. The van der Waals surface area contributed by atoms with E-state index in [0.29, 0.717) is 16.9 Å². The van der Waals surface area contributed by atoms with Gasteiger partial charge in [-0.3, -0.25) is 0 Å². The van der Waals surface area contributed by atoms with E-state index in [9.17, 15) is 5.11 Å². The molecule has 98 valence electrons. The van der Waals surface area contributed by atoms with Crippen molar-refractivity contribution in [1.82, 2.24) is 0 Å². The number of aliphatic hydroxyl groups excluding tert-OH is 1. The average Bonchev–Trinajstić information content (AvgIpc) is 2.40. The fourth-order valence-corrected chi connectivity index (χ4v) is 3.18. The lowest BCUT2D eigenvalue weighted by molar-refractivity contribution is 0.125. The fourth-order valence-electron chi connectivity index (χ4n) is 2.03. The summed E-state index contributed by atoms with van der Waals surface area (Å²) in [6.07, 6.45) is 14.4. The molecule has 2 aliphatic carbocycles. The Bertz CT molecular complexity index is 393. The van der Waals surface area contributed by atoms with Gasteiger partial charge in [0, 0.05) is 22.7 Å². The Morgan fingerprint density at radius 3 is 3.00 bits per heavy atom. The van der Waals surface area contributed by atoms with E-state index in [-0.39, 0.29) is 0 Å². The Morgan fingerprint density at radius 1 is 1.39 bits per heavy atom. The molecule has 2 unspecified atom stereocenters. The summed E-state index contributed by atoms with van der Waals surface area (Å²) in [6, 6.07) is 0. The first-order chi connectivity index (χ1) is 8.78. The van der Waals surface area contributed by atoms with Gasteiger partial charge in [-0.2, -0.15) is 0 Å². The number of thioether (sulfide) groups is 1. The minimum absolute atomic E-state index is 0.384. The molecular formula is C15H20O2S. The van der Waals surface area contributed by atoms with E-state index >= 15 is 0 Å². The highest BCUT2D eigenvalue weighted by molar-refractivity contribution is 8.04. The van der Waals surface area contributed by atoms with E-state index in [2.05, 4.69) is 24.3 Å². The van der Waals surface area contributed by atoms with Crippen LogP contribution in [0.4, 0.5) is 0 Å². The summed E-state index contributed by atoms with van der Waals surface area (Å²) in [5.74, 6) is 0.892. The molecule has 0 saturated carbocycles. The predicted molar refractivity (Wildman–Crippen MR) is 77.7 cm³/mol. The van der Waals surface area contributed by atoms with Gasteiger partial charge in [0.1, 0.15) is 5.76 Å². The maximum Gasteiger partial charge on any atom is 0.111 e. The molecule has 0 heterocycles. The summed E-state index contributed by atoms with van der Waals surface area (Å²) in [6.45, 7) is 3.63. The van der Waals surface area contributed by atoms with Gasteiger partial charge < -0.3 is 9.84 Å². The Kier molecular flexibility index (Phi) is 5.14. The molecule has 0 bridgehead atoms.